The number of carbonyl (C=O) groups is 1. The van der Waals surface area contributed by atoms with Gasteiger partial charge in [0.15, 0.2) is 6.29 Å². The number of rotatable bonds is 5. The van der Waals surface area contributed by atoms with E-state index in [1.54, 1.807) is 18.2 Å². The minimum atomic E-state index is -4.51. The minimum absolute atomic E-state index is 0.269. The fourth-order valence-electron chi connectivity index (χ4n) is 2.50. The van der Waals surface area contributed by atoms with Gasteiger partial charge in [0.05, 0.1) is 5.56 Å². The third kappa shape index (κ3) is 3.91. The number of aldehydes is 1. The highest BCUT2D eigenvalue weighted by molar-refractivity contribution is 5.90. The number of nitrogens with zero attached hydrogens (tertiary/aromatic N) is 1. The summed E-state index contributed by atoms with van der Waals surface area (Å²) in [5.41, 5.74) is 1.10. The molecule has 132 valence electrons. The van der Waals surface area contributed by atoms with Gasteiger partial charge in [-0.15, -0.1) is 0 Å². The first-order valence-electron chi connectivity index (χ1n) is 7.77. The van der Waals surface area contributed by atoms with E-state index in [1.807, 2.05) is 30.3 Å². The zero-order valence-electron chi connectivity index (χ0n) is 13.5. The molecule has 26 heavy (non-hydrogen) atoms. The summed E-state index contributed by atoms with van der Waals surface area (Å²) in [6, 6.07) is 16.6. The van der Waals surface area contributed by atoms with Crippen molar-refractivity contribution in [2.75, 3.05) is 0 Å². The summed E-state index contributed by atoms with van der Waals surface area (Å²) < 4.78 is 43.7. The molecule has 2 aromatic carbocycles. The number of halogens is 3. The molecule has 1 heterocycles. The second-order valence-corrected chi connectivity index (χ2v) is 5.54. The molecule has 0 unspecified atom stereocenters. The monoisotopic (exact) mass is 357 g/mol. The van der Waals surface area contributed by atoms with Gasteiger partial charge in [0.25, 0.3) is 0 Å². The Labute approximate surface area is 148 Å². The molecule has 0 aliphatic heterocycles. The maximum Gasteiger partial charge on any atom is 0.433 e. The van der Waals surface area contributed by atoms with Gasteiger partial charge in [0, 0.05) is 11.8 Å². The molecule has 0 saturated carbocycles. The smallest absolute Gasteiger partial charge is 0.433 e. The Morgan fingerprint density at radius 3 is 2.35 bits per heavy atom. The van der Waals surface area contributed by atoms with E-state index in [0.29, 0.717) is 23.2 Å². The van der Waals surface area contributed by atoms with Crippen molar-refractivity contribution in [2.24, 2.45) is 0 Å². The summed E-state index contributed by atoms with van der Waals surface area (Å²) >= 11 is 0. The van der Waals surface area contributed by atoms with Crippen molar-refractivity contribution in [1.82, 2.24) is 4.98 Å². The van der Waals surface area contributed by atoms with Crippen LogP contribution >= 0.6 is 0 Å². The molecule has 0 atom stereocenters. The van der Waals surface area contributed by atoms with E-state index in [2.05, 4.69) is 4.98 Å². The molecule has 3 nitrogen and oxygen atoms in total. The molecule has 6 heteroatoms. The molecule has 0 N–H and O–H groups in total. The van der Waals surface area contributed by atoms with Crippen molar-refractivity contribution in [2.45, 2.75) is 12.8 Å². The molecule has 3 rings (SSSR count). The van der Waals surface area contributed by atoms with E-state index in [-0.39, 0.29) is 12.2 Å². The van der Waals surface area contributed by atoms with Gasteiger partial charge in [-0.3, -0.25) is 9.78 Å². The number of hydrogen-bond acceptors (Lipinski definition) is 3. The Hall–Kier alpha value is -3.15. The van der Waals surface area contributed by atoms with Crippen molar-refractivity contribution in [1.29, 1.82) is 0 Å². The molecule has 0 bridgehead atoms. The minimum Gasteiger partial charge on any atom is -0.488 e. The van der Waals surface area contributed by atoms with E-state index in [4.69, 9.17) is 4.74 Å². The van der Waals surface area contributed by atoms with Crippen LogP contribution < -0.4 is 4.74 Å². The zero-order chi connectivity index (χ0) is 18.6. The molecule has 0 spiro atoms. The Morgan fingerprint density at radius 1 is 0.962 bits per heavy atom. The molecule has 0 radical (unpaired) electrons. The van der Waals surface area contributed by atoms with Crippen molar-refractivity contribution in [3.8, 4) is 16.9 Å². The van der Waals surface area contributed by atoms with Crippen molar-refractivity contribution in [3.63, 3.8) is 0 Å². The molecule has 0 aliphatic rings. The highest BCUT2D eigenvalue weighted by atomic mass is 19.4. The summed E-state index contributed by atoms with van der Waals surface area (Å²) in [5.74, 6) is 0.362. The average Bonchev–Trinajstić information content (AvgIpc) is 2.66. The fraction of sp³-hybridized carbons (Fsp3) is 0.100. The third-order valence-electron chi connectivity index (χ3n) is 3.79. The number of carbonyl (C=O) groups excluding carboxylic acids is 1. The fourth-order valence-corrected chi connectivity index (χ4v) is 2.50. The van der Waals surface area contributed by atoms with Crippen LogP contribution in [0.25, 0.3) is 11.1 Å². The van der Waals surface area contributed by atoms with Crippen LogP contribution in [0.4, 0.5) is 13.2 Å². The highest BCUT2D eigenvalue weighted by Crippen LogP contribution is 2.32. The van der Waals surface area contributed by atoms with Gasteiger partial charge in [-0.05, 0) is 23.3 Å². The van der Waals surface area contributed by atoms with E-state index in [1.165, 1.54) is 6.07 Å². The average molecular weight is 357 g/mol. The SMILES string of the molecule is O=Cc1c(OCc2ccccc2)cccc1-c1ccc(C(F)(F)F)nc1. The number of alkyl halides is 3. The molecule has 0 amide bonds. The first kappa shape index (κ1) is 17.7. The number of benzene rings is 2. The second kappa shape index (κ2) is 7.39. The number of hydrogen-bond donors (Lipinski definition) is 0. The van der Waals surface area contributed by atoms with Crippen molar-refractivity contribution in [3.05, 3.63) is 83.7 Å². The largest absolute Gasteiger partial charge is 0.488 e. The van der Waals surface area contributed by atoms with E-state index >= 15 is 0 Å². The molecule has 3 aromatic rings. The topological polar surface area (TPSA) is 39.2 Å². The standard InChI is InChI=1S/C20H14F3NO2/c21-20(22,23)19-10-9-15(11-24-19)16-7-4-8-18(17(16)12-25)26-13-14-5-2-1-3-6-14/h1-12H,13H2. The Bertz CT molecular complexity index is 891. The maximum absolute atomic E-state index is 12.7. The lowest BCUT2D eigenvalue weighted by Gasteiger charge is -2.13. The summed E-state index contributed by atoms with van der Waals surface area (Å²) in [6.07, 6.45) is -2.77. The van der Waals surface area contributed by atoms with Crippen LogP contribution in [0.15, 0.2) is 66.9 Å². The Morgan fingerprint density at radius 2 is 1.73 bits per heavy atom. The van der Waals surface area contributed by atoms with Crippen molar-refractivity contribution < 1.29 is 22.7 Å². The number of aromatic nitrogens is 1. The van der Waals surface area contributed by atoms with Gasteiger partial charge in [-0.1, -0.05) is 48.5 Å². The van der Waals surface area contributed by atoms with Crippen LogP contribution in [-0.2, 0) is 12.8 Å². The van der Waals surface area contributed by atoms with Gasteiger partial charge < -0.3 is 4.74 Å². The molecular weight excluding hydrogens is 343 g/mol. The lowest BCUT2D eigenvalue weighted by atomic mass is 10.0. The zero-order valence-corrected chi connectivity index (χ0v) is 13.5. The van der Waals surface area contributed by atoms with Gasteiger partial charge in [0.1, 0.15) is 18.1 Å². The van der Waals surface area contributed by atoms with E-state index in [0.717, 1.165) is 17.8 Å². The van der Waals surface area contributed by atoms with Gasteiger partial charge in [-0.25, -0.2) is 0 Å². The summed E-state index contributed by atoms with van der Waals surface area (Å²) in [7, 11) is 0. The second-order valence-electron chi connectivity index (χ2n) is 5.54. The molecule has 0 aliphatic carbocycles. The summed E-state index contributed by atoms with van der Waals surface area (Å²) in [5, 5.41) is 0. The summed E-state index contributed by atoms with van der Waals surface area (Å²) in [6.45, 7) is 0.274. The van der Waals surface area contributed by atoms with Gasteiger partial charge in [-0.2, -0.15) is 13.2 Å². The quantitative estimate of drug-likeness (QED) is 0.592. The lowest BCUT2D eigenvalue weighted by Crippen LogP contribution is -2.07. The van der Waals surface area contributed by atoms with Crippen LogP contribution in [0, 0.1) is 0 Å². The highest BCUT2D eigenvalue weighted by Gasteiger charge is 2.32. The van der Waals surface area contributed by atoms with Crippen LogP contribution in [-0.4, -0.2) is 11.3 Å². The summed E-state index contributed by atoms with van der Waals surface area (Å²) in [4.78, 5) is 15.0. The predicted molar refractivity (Wildman–Crippen MR) is 90.8 cm³/mol. The van der Waals surface area contributed by atoms with E-state index < -0.39 is 11.9 Å². The molecular formula is C20H14F3NO2. The number of ether oxygens (including phenoxy) is 1. The third-order valence-corrected chi connectivity index (χ3v) is 3.79. The van der Waals surface area contributed by atoms with Crippen LogP contribution in [0.3, 0.4) is 0 Å². The first-order chi connectivity index (χ1) is 12.5. The first-order valence-corrected chi connectivity index (χ1v) is 7.77. The molecule has 0 fully saturated rings. The molecule has 1 aromatic heterocycles. The number of pyridine rings is 1. The normalized spacial score (nSPS) is 11.2. The predicted octanol–water partition coefficient (Wildman–Crippen LogP) is 5.16. The van der Waals surface area contributed by atoms with Gasteiger partial charge in [0.2, 0.25) is 0 Å². The van der Waals surface area contributed by atoms with E-state index in [9.17, 15) is 18.0 Å². The Balaban J connectivity index is 1.89. The maximum atomic E-state index is 12.7. The Kier molecular flexibility index (Phi) is 5.02. The van der Waals surface area contributed by atoms with Gasteiger partial charge >= 0.3 is 6.18 Å². The van der Waals surface area contributed by atoms with Crippen LogP contribution in [0.1, 0.15) is 21.6 Å². The van der Waals surface area contributed by atoms with Crippen LogP contribution in [0.2, 0.25) is 0 Å². The molecule has 0 saturated heterocycles. The lowest BCUT2D eigenvalue weighted by molar-refractivity contribution is -0.141. The van der Waals surface area contributed by atoms with Crippen molar-refractivity contribution >= 4 is 6.29 Å². The van der Waals surface area contributed by atoms with Crippen LogP contribution in [0.5, 0.6) is 5.75 Å².